The maximum atomic E-state index is 11.9. The maximum absolute atomic E-state index is 11.9. The summed E-state index contributed by atoms with van der Waals surface area (Å²) in [7, 11) is 0. The lowest BCUT2D eigenvalue weighted by Crippen LogP contribution is -2.21. The number of amides is 1. The Morgan fingerprint density at radius 3 is 3.00 bits per heavy atom. The van der Waals surface area contributed by atoms with Crippen molar-refractivity contribution in [1.29, 1.82) is 0 Å². The first-order valence-electron chi connectivity index (χ1n) is 6.09. The number of fused-ring (bicyclic) bond motifs is 1. The fourth-order valence-corrected chi connectivity index (χ4v) is 3.01. The molecule has 0 aliphatic heterocycles. The average molecular weight is 411 g/mol. The Morgan fingerprint density at radius 1 is 1.29 bits per heavy atom. The minimum Gasteiger partial charge on any atom is -0.467 e. The molecule has 0 aliphatic rings. The second-order valence-electron chi connectivity index (χ2n) is 4.13. The van der Waals surface area contributed by atoms with E-state index < -0.39 is 0 Å². The van der Waals surface area contributed by atoms with Crippen molar-refractivity contribution in [2.24, 2.45) is 0 Å². The van der Waals surface area contributed by atoms with Crippen LogP contribution in [0.15, 0.2) is 42.0 Å². The molecular weight excluding hydrogens is 401 g/mol. The van der Waals surface area contributed by atoms with Gasteiger partial charge in [0, 0.05) is 3.57 Å². The van der Waals surface area contributed by atoms with Gasteiger partial charge in [-0.1, -0.05) is 12.1 Å². The van der Waals surface area contributed by atoms with Gasteiger partial charge in [0.05, 0.1) is 11.1 Å². The van der Waals surface area contributed by atoms with Crippen LogP contribution in [0.4, 0.5) is 5.69 Å². The van der Waals surface area contributed by atoms with Crippen LogP contribution in [0.5, 0.6) is 5.88 Å². The van der Waals surface area contributed by atoms with E-state index in [1.54, 1.807) is 0 Å². The summed E-state index contributed by atoms with van der Waals surface area (Å²) in [4.78, 5) is 21.0. The third-order valence-electron chi connectivity index (χ3n) is 2.71. The molecule has 1 N–H and O–H groups in total. The van der Waals surface area contributed by atoms with Gasteiger partial charge in [-0.05, 0) is 46.2 Å². The summed E-state index contributed by atoms with van der Waals surface area (Å²) >= 11 is 3.68. The molecule has 21 heavy (non-hydrogen) atoms. The lowest BCUT2D eigenvalue weighted by molar-refractivity contribution is -0.118. The predicted molar refractivity (Wildman–Crippen MR) is 90.7 cm³/mol. The maximum Gasteiger partial charge on any atom is 0.262 e. The van der Waals surface area contributed by atoms with E-state index in [4.69, 9.17) is 4.74 Å². The normalized spacial score (nSPS) is 10.5. The highest BCUT2D eigenvalue weighted by molar-refractivity contribution is 14.1. The Labute approximate surface area is 138 Å². The zero-order chi connectivity index (χ0) is 14.7. The lowest BCUT2D eigenvalue weighted by atomic mass is 10.3. The molecule has 2 heterocycles. The molecule has 1 amide bonds. The first-order chi connectivity index (χ1) is 10.2. The van der Waals surface area contributed by atoms with Crippen molar-refractivity contribution in [2.45, 2.75) is 0 Å². The predicted octanol–water partition coefficient (Wildman–Crippen LogP) is 3.31. The first kappa shape index (κ1) is 14.2. The summed E-state index contributed by atoms with van der Waals surface area (Å²) in [5.41, 5.74) is 0.773. The van der Waals surface area contributed by atoms with Crippen LogP contribution in [0.2, 0.25) is 0 Å². The van der Waals surface area contributed by atoms with Gasteiger partial charge in [0.1, 0.15) is 11.2 Å². The minimum atomic E-state index is -0.221. The van der Waals surface area contributed by atoms with Crippen LogP contribution in [-0.4, -0.2) is 22.5 Å². The van der Waals surface area contributed by atoms with Gasteiger partial charge >= 0.3 is 0 Å². The molecule has 7 heteroatoms. The summed E-state index contributed by atoms with van der Waals surface area (Å²) in [6.07, 6.45) is 1.44. The number of nitrogens with zero attached hydrogens (tertiary/aromatic N) is 2. The molecule has 0 spiro atoms. The Hall–Kier alpha value is -1.74. The molecule has 2 aromatic heterocycles. The largest absolute Gasteiger partial charge is 0.467 e. The number of rotatable bonds is 4. The number of aromatic nitrogens is 2. The van der Waals surface area contributed by atoms with Crippen LogP contribution in [0.3, 0.4) is 0 Å². The summed E-state index contributed by atoms with van der Waals surface area (Å²) < 4.78 is 6.47. The van der Waals surface area contributed by atoms with Crippen molar-refractivity contribution in [3.8, 4) is 5.88 Å². The number of benzene rings is 1. The van der Waals surface area contributed by atoms with Crippen LogP contribution in [0.25, 0.3) is 10.2 Å². The third-order valence-corrected chi connectivity index (χ3v) is 4.47. The Morgan fingerprint density at radius 2 is 2.14 bits per heavy atom. The number of ether oxygens (including phenoxy) is 1. The number of anilines is 1. The molecule has 3 rings (SSSR count). The molecule has 3 aromatic rings. The number of nitrogens with one attached hydrogen (secondary N) is 1. The fraction of sp³-hybridized carbons (Fsp3) is 0.0714. The van der Waals surface area contributed by atoms with Crippen molar-refractivity contribution in [2.75, 3.05) is 11.9 Å². The highest BCUT2D eigenvalue weighted by Crippen LogP contribution is 2.25. The van der Waals surface area contributed by atoms with Gasteiger partial charge in [-0.2, -0.15) is 0 Å². The lowest BCUT2D eigenvalue weighted by Gasteiger charge is -2.08. The van der Waals surface area contributed by atoms with Crippen LogP contribution >= 0.6 is 33.9 Å². The van der Waals surface area contributed by atoms with Crippen molar-refractivity contribution in [3.63, 3.8) is 0 Å². The zero-order valence-electron chi connectivity index (χ0n) is 10.7. The fourth-order valence-electron chi connectivity index (χ4n) is 1.77. The van der Waals surface area contributed by atoms with Crippen molar-refractivity contribution < 1.29 is 9.53 Å². The first-order valence-corrected chi connectivity index (χ1v) is 8.05. The van der Waals surface area contributed by atoms with Crippen LogP contribution in [-0.2, 0) is 4.79 Å². The molecule has 0 unspecified atom stereocenters. The SMILES string of the molecule is O=C(COc1ncnc2sccc12)Nc1ccccc1I. The molecular formula is C14H10IN3O2S. The molecule has 0 saturated heterocycles. The van der Waals surface area contributed by atoms with Crippen LogP contribution in [0, 0.1) is 3.57 Å². The smallest absolute Gasteiger partial charge is 0.262 e. The molecule has 0 fully saturated rings. The van der Waals surface area contributed by atoms with Gasteiger partial charge in [-0.15, -0.1) is 11.3 Å². The highest BCUT2D eigenvalue weighted by atomic mass is 127. The number of hydrogen-bond acceptors (Lipinski definition) is 5. The average Bonchev–Trinajstić information content (AvgIpc) is 2.96. The monoisotopic (exact) mass is 411 g/mol. The standard InChI is InChI=1S/C14H10IN3O2S/c15-10-3-1-2-4-11(10)18-12(19)7-20-13-9-5-6-21-14(9)17-8-16-13/h1-6,8H,7H2,(H,18,19). The summed E-state index contributed by atoms with van der Waals surface area (Å²) in [6, 6.07) is 9.45. The number of para-hydroxylation sites is 1. The van der Waals surface area contributed by atoms with E-state index in [1.165, 1.54) is 17.7 Å². The van der Waals surface area contributed by atoms with Gasteiger partial charge in [-0.3, -0.25) is 4.79 Å². The quantitative estimate of drug-likeness (QED) is 0.670. The van der Waals surface area contributed by atoms with Gasteiger partial charge in [0.2, 0.25) is 5.88 Å². The Kier molecular flexibility index (Phi) is 4.30. The van der Waals surface area contributed by atoms with E-state index in [1.807, 2.05) is 35.7 Å². The molecule has 0 bridgehead atoms. The van der Waals surface area contributed by atoms with Crippen LogP contribution < -0.4 is 10.1 Å². The van der Waals surface area contributed by atoms with E-state index in [9.17, 15) is 4.79 Å². The van der Waals surface area contributed by atoms with Crippen molar-refractivity contribution in [1.82, 2.24) is 9.97 Å². The number of thiophene rings is 1. The Balaban J connectivity index is 1.66. The van der Waals surface area contributed by atoms with E-state index in [0.29, 0.717) is 5.88 Å². The third kappa shape index (κ3) is 3.30. The topological polar surface area (TPSA) is 64.1 Å². The summed E-state index contributed by atoms with van der Waals surface area (Å²) in [6.45, 7) is -0.0903. The molecule has 0 saturated carbocycles. The molecule has 5 nitrogen and oxygen atoms in total. The van der Waals surface area contributed by atoms with Gasteiger partial charge < -0.3 is 10.1 Å². The van der Waals surface area contributed by atoms with Gasteiger partial charge in [0.15, 0.2) is 6.61 Å². The van der Waals surface area contributed by atoms with Crippen LogP contribution in [0.1, 0.15) is 0 Å². The summed E-state index contributed by atoms with van der Waals surface area (Å²) in [5, 5.41) is 5.55. The number of carbonyl (C=O) groups is 1. The number of carbonyl (C=O) groups excluding carboxylic acids is 1. The molecule has 0 atom stereocenters. The Bertz CT molecular complexity index is 790. The molecule has 1 aromatic carbocycles. The second kappa shape index (κ2) is 6.35. The summed E-state index contributed by atoms with van der Waals surface area (Å²) in [5.74, 6) is 0.209. The molecule has 0 aliphatic carbocycles. The van der Waals surface area contributed by atoms with Crippen molar-refractivity contribution >= 4 is 55.7 Å². The van der Waals surface area contributed by atoms with Gasteiger partial charge in [0.25, 0.3) is 5.91 Å². The highest BCUT2D eigenvalue weighted by Gasteiger charge is 2.09. The van der Waals surface area contributed by atoms with Gasteiger partial charge in [-0.25, -0.2) is 9.97 Å². The van der Waals surface area contributed by atoms with E-state index in [-0.39, 0.29) is 12.5 Å². The minimum absolute atomic E-state index is 0.0903. The van der Waals surface area contributed by atoms with E-state index in [0.717, 1.165) is 19.5 Å². The van der Waals surface area contributed by atoms with Crippen molar-refractivity contribution in [3.05, 3.63) is 45.6 Å². The number of halogens is 1. The second-order valence-corrected chi connectivity index (χ2v) is 6.19. The van der Waals surface area contributed by atoms with E-state index in [2.05, 4.69) is 37.9 Å². The molecule has 0 radical (unpaired) electrons. The molecule has 106 valence electrons. The zero-order valence-corrected chi connectivity index (χ0v) is 13.7. The van der Waals surface area contributed by atoms with E-state index >= 15 is 0 Å². The number of hydrogen-bond donors (Lipinski definition) is 1.